The Morgan fingerprint density at radius 3 is 2.50 bits per heavy atom. The molecule has 0 atom stereocenters. The van der Waals surface area contributed by atoms with Crippen molar-refractivity contribution in [1.29, 1.82) is 0 Å². The maximum absolute atomic E-state index is 11.9. The van der Waals surface area contributed by atoms with E-state index < -0.39 is 5.97 Å². The summed E-state index contributed by atoms with van der Waals surface area (Å²) in [6.07, 6.45) is 18.6. The molecular weight excluding hydrogens is 358 g/mol. The predicted octanol–water partition coefficient (Wildman–Crippen LogP) is 2.23. The van der Waals surface area contributed by atoms with Crippen molar-refractivity contribution in [1.82, 2.24) is 5.06 Å². The van der Waals surface area contributed by atoms with E-state index in [0.29, 0.717) is 61.3 Å². The van der Waals surface area contributed by atoms with Gasteiger partial charge < -0.3 is 14.3 Å². The summed E-state index contributed by atoms with van der Waals surface area (Å²) < 4.78 is 10.9. The summed E-state index contributed by atoms with van der Waals surface area (Å²) in [5.41, 5.74) is 1.56. The van der Waals surface area contributed by atoms with Crippen molar-refractivity contribution in [3.63, 3.8) is 0 Å². The van der Waals surface area contributed by atoms with Gasteiger partial charge in [0.05, 0.1) is 17.7 Å². The second-order valence-electron chi connectivity index (χ2n) is 6.02. The lowest BCUT2D eigenvalue weighted by Gasteiger charge is -2.18. The summed E-state index contributed by atoms with van der Waals surface area (Å²) in [6, 6.07) is 3.32. The van der Waals surface area contributed by atoms with Crippen LogP contribution in [-0.4, -0.2) is 36.9 Å². The highest BCUT2D eigenvalue weighted by atomic mass is 16.7. The maximum atomic E-state index is 11.9. The SMILES string of the molecule is C#Cc1cc(C#C)c(OCCCCC(=O)ON2COCCCC2=O)c(C#C)c1. The van der Waals surface area contributed by atoms with Gasteiger partial charge in [0.15, 0.2) is 12.5 Å². The first kappa shape index (κ1) is 20.9. The zero-order valence-electron chi connectivity index (χ0n) is 15.5. The quantitative estimate of drug-likeness (QED) is 0.537. The van der Waals surface area contributed by atoms with E-state index in [0.717, 1.165) is 5.06 Å². The number of benzene rings is 1. The molecule has 1 aromatic carbocycles. The molecule has 0 aliphatic carbocycles. The van der Waals surface area contributed by atoms with Gasteiger partial charge in [-0.3, -0.25) is 4.79 Å². The number of rotatable bonds is 7. The molecular formula is C22H21NO5. The van der Waals surface area contributed by atoms with Crippen LogP contribution in [0.25, 0.3) is 0 Å². The van der Waals surface area contributed by atoms with Gasteiger partial charge in [-0.15, -0.1) is 24.3 Å². The highest BCUT2D eigenvalue weighted by Crippen LogP contribution is 2.25. The molecule has 6 nitrogen and oxygen atoms in total. The number of hydrogen-bond acceptors (Lipinski definition) is 5. The third kappa shape index (κ3) is 5.81. The third-order valence-electron chi connectivity index (χ3n) is 3.97. The topological polar surface area (TPSA) is 65.1 Å². The summed E-state index contributed by atoms with van der Waals surface area (Å²) in [6.45, 7) is 0.752. The van der Waals surface area contributed by atoms with E-state index in [4.69, 9.17) is 33.6 Å². The van der Waals surface area contributed by atoms with Gasteiger partial charge in [-0.25, -0.2) is 4.79 Å². The Bertz CT molecular complexity index is 818. The summed E-state index contributed by atoms with van der Waals surface area (Å²) in [7, 11) is 0. The number of ether oxygens (including phenoxy) is 2. The molecule has 1 aliphatic heterocycles. The fraction of sp³-hybridized carbons (Fsp3) is 0.364. The highest BCUT2D eigenvalue weighted by Gasteiger charge is 2.21. The minimum absolute atomic E-state index is 0.0366. The summed E-state index contributed by atoms with van der Waals surface area (Å²) >= 11 is 0. The number of amides is 1. The molecule has 1 saturated heterocycles. The Hall–Kier alpha value is -3.40. The van der Waals surface area contributed by atoms with E-state index in [1.54, 1.807) is 12.1 Å². The molecule has 0 aromatic heterocycles. The van der Waals surface area contributed by atoms with Crippen LogP contribution in [0, 0.1) is 37.0 Å². The summed E-state index contributed by atoms with van der Waals surface area (Å²) in [4.78, 5) is 28.7. The Morgan fingerprint density at radius 2 is 1.86 bits per heavy atom. The van der Waals surface area contributed by atoms with E-state index in [1.807, 2.05) is 0 Å². The third-order valence-corrected chi connectivity index (χ3v) is 3.97. The molecule has 0 bridgehead atoms. The number of nitrogens with zero attached hydrogens (tertiary/aromatic N) is 1. The first-order valence-electron chi connectivity index (χ1n) is 8.88. The monoisotopic (exact) mass is 379 g/mol. The van der Waals surface area contributed by atoms with Gasteiger partial charge in [-0.1, -0.05) is 17.8 Å². The van der Waals surface area contributed by atoms with Gasteiger partial charge in [0.25, 0.3) is 5.91 Å². The van der Waals surface area contributed by atoms with Crippen LogP contribution < -0.4 is 4.74 Å². The molecule has 144 valence electrons. The second kappa shape index (κ2) is 10.7. The number of hydrogen-bond donors (Lipinski definition) is 0. The van der Waals surface area contributed by atoms with Crippen LogP contribution in [0.4, 0.5) is 0 Å². The molecule has 0 unspecified atom stereocenters. The van der Waals surface area contributed by atoms with Crippen molar-refractivity contribution in [3.05, 3.63) is 28.8 Å². The van der Waals surface area contributed by atoms with E-state index in [1.165, 1.54) is 0 Å². The van der Waals surface area contributed by atoms with Crippen LogP contribution in [0.2, 0.25) is 0 Å². The molecule has 0 saturated carbocycles. The summed E-state index contributed by atoms with van der Waals surface area (Å²) in [5.74, 6) is 7.22. The molecule has 6 heteroatoms. The predicted molar refractivity (Wildman–Crippen MR) is 103 cm³/mol. The van der Waals surface area contributed by atoms with Gasteiger partial charge in [-0.05, 0) is 31.4 Å². The van der Waals surface area contributed by atoms with Crippen molar-refractivity contribution in [2.45, 2.75) is 32.1 Å². The first-order chi connectivity index (χ1) is 13.6. The van der Waals surface area contributed by atoms with Gasteiger partial charge in [0.1, 0.15) is 0 Å². The molecule has 0 N–H and O–H groups in total. The highest BCUT2D eigenvalue weighted by molar-refractivity contribution is 5.78. The normalized spacial score (nSPS) is 13.6. The lowest BCUT2D eigenvalue weighted by molar-refractivity contribution is -0.212. The molecule has 0 spiro atoms. The molecule has 1 heterocycles. The fourth-order valence-electron chi connectivity index (χ4n) is 2.54. The average molecular weight is 379 g/mol. The Kier molecular flexibility index (Phi) is 7.97. The zero-order chi connectivity index (χ0) is 20.4. The van der Waals surface area contributed by atoms with Crippen molar-refractivity contribution in [2.24, 2.45) is 0 Å². The van der Waals surface area contributed by atoms with Gasteiger partial charge in [0, 0.05) is 25.0 Å². The van der Waals surface area contributed by atoms with Crippen LogP contribution in [0.5, 0.6) is 5.75 Å². The Balaban J connectivity index is 1.80. The van der Waals surface area contributed by atoms with Crippen LogP contribution in [0.1, 0.15) is 48.8 Å². The van der Waals surface area contributed by atoms with Gasteiger partial charge >= 0.3 is 5.97 Å². The lowest BCUT2D eigenvalue weighted by atomic mass is 10.0. The summed E-state index contributed by atoms with van der Waals surface area (Å²) in [5, 5.41) is 0.970. The van der Waals surface area contributed by atoms with Crippen LogP contribution in [0.3, 0.4) is 0 Å². The minimum Gasteiger partial charge on any atom is -0.491 e. The molecule has 1 aromatic rings. The first-order valence-corrected chi connectivity index (χ1v) is 8.88. The number of carbonyl (C=O) groups excluding carboxylic acids is 2. The minimum atomic E-state index is -0.495. The van der Waals surface area contributed by atoms with E-state index in [-0.39, 0.29) is 19.1 Å². The number of carbonyl (C=O) groups is 2. The maximum Gasteiger partial charge on any atom is 0.332 e. The van der Waals surface area contributed by atoms with E-state index >= 15 is 0 Å². The smallest absolute Gasteiger partial charge is 0.332 e. The number of hydroxylamine groups is 2. The van der Waals surface area contributed by atoms with Gasteiger partial charge in [0.2, 0.25) is 0 Å². The lowest BCUT2D eigenvalue weighted by Crippen LogP contribution is -2.33. The van der Waals surface area contributed by atoms with E-state index in [9.17, 15) is 9.59 Å². The number of unbranched alkanes of at least 4 members (excludes halogenated alkanes) is 1. The van der Waals surface area contributed by atoms with Gasteiger partial charge in [-0.2, -0.15) is 0 Å². The van der Waals surface area contributed by atoms with Crippen molar-refractivity contribution in [2.75, 3.05) is 19.9 Å². The van der Waals surface area contributed by atoms with Crippen molar-refractivity contribution < 1.29 is 23.9 Å². The zero-order valence-corrected chi connectivity index (χ0v) is 15.5. The molecule has 1 aliphatic rings. The average Bonchev–Trinajstić information content (AvgIpc) is 2.91. The van der Waals surface area contributed by atoms with E-state index in [2.05, 4.69) is 17.8 Å². The van der Waals surface area contributed by atoms with Crippen LogP contribution in [0.15, 0.2) is 12.1 Å². The fourth-order valence-corrected chi connectivity index (χ4v) is 2.54. The molecule has 28 heavy (non-hydrogen) atoms. The Morgan fingerprint density at radius 1 is 1.14 bits per heavy atom. The molecule has 1 amide bonds. The van der Waals surface area contributed by atoms with Crippen molar-refractivity contribution in [3.8, 4) is 42.8 Å². The molecule has 0 radical (unpaired) electrons. The van der Waals surface area contributed by atoms with Crippen LogP contribution in [-0.2, 0) is 19.2 Å². The standard InChI is InChI=1S/C22H21NO5/c1-4-17-14-18(5-2)22(19(6-3)15-17)27-13-8-7-11-21(25)28-23-16-26-12-9-10-20(23)24/h1-3,14-15H,7-13,16H2. The second-order valence-corrected chi connectivity index (χ2v) is 6.02. The van der Waals surface area contributed by atoms with Crippen molar-refractivity contribution >= 4 is 11.9 Å². The largest absolute Gasteiger partial charge is 0.491 e. The molecule has 2 rings (SSSR count). The number of terminal acetylenes is 3. The van der Waals surface area contributed by atoms with Crippen LogP contribution >= 0.6 is 0 Å². The Labute approximate surface area is 165 Å². The molecule has 1 fully saturated rings.